The summed E-state index contributed by atoms with van der Waals surface area (Å²) >= 11 is 0. The van der Waals surface area contributed by atoms with Gasteiger partial charge >= 0.3 is 0 Å². The lowest BCUT2D eigenvalue weighted by Crippen LogP contribution is -2.41. The molecule has 2 rings (SSSR count). The average molecular weight is 331 g/mol. The van der Waals surface area contributed by atoms with Gasteiger partial charge < -0.3 is 15.2 Å². The van der Waals surface area contributed by atoms with Gasteiger partial charge in [0.15, 0.2) is 5.96 Å². The van der Waals surface area contributed by atoms with E-state index in [-0.39, 0.29) is 5.82 Å². The lowest BCUT2D eigenvalue weighted by Gasteiger charge is -2.16. The highest BCUT2D eigenvalue weighted by atomic mass is 19.1. The third kappa shape index (κ3) is 4.57. The first-order valence-electron chi connectivity index (χ1n) is 8.38. The van der Waals surface area contributed by atoms with Gasteiger partial charge in [-0.25, -0.2) is 14.4 Å². The molecule has 2 N–H and O–H groups in total. The minimum atomic E-state index is -0.274. The summed E-state index contributed by atoms with van der Waals surface area (Å²) in [5, 5.41) is 6.53. The Kier molecular flexibility index (Phi) is 6.35. The molecule has 1 heterocycles. The second-order valence-corrected chi connectivity index (χ2v) is 5.78. The maximum atomic E-state index is 14.4. The summed E-state index contributed by atoms with van der Waals surface area (Å²) in [7, 11) is 0. The van der Waals surface area contributed by atoms with Gasteiger partial charge in [0.05, 0.1) is 12.2 Å². The van der Waals surface area contributed by atoms with Crippen LogP contribution >= 0.6 is 0 Å². The van der Waals surface area contributed by atoms with E-state index >= 15 is 0 Å². The van der Waals surface area contributed by atoms with Crippen LogP contribution in [0.25, 0.3) is 5.69 Å². The van der Waals surface area contributed by atoms with Crippen molar-refractivity contribution in [3.05, 3.63) is 47.8 Å². The zero-order valence-corrected chi connectivity index (χ0v) is 14.8. The van der Waals surface area contributed by atoms with Crippen LogP contribution in [0.1, 0.15) is 38.6 Å². The molecular weight excluding hydrogens is 305 g/mol. The standard InChI is InChI=1S/C18H26FN5/c1-5-13(3)23-18(20-6-2)22-12-15-7-8-17(16(19)11-15)24-10-9-21-14(24)4/h7-11,13H,5-6,12H2,1-4H3,(H2,20,22,23). The fourth-order valence-electron chi connectivity index (χ4n) is 2.30. The molecule has 0 amide bonds. The Morgan fingerprint density at radius 1 is 1.38 bits per heavy atom. The Morgan fingerprint density at radius 2 is 2.17 bits per heavy atom. The van der Waals surface area contributed by atoms with Gasteiger partial charge in [0.25, 0.3) is 0 Å². The van der Waals surface area contributed by atoms with Crippen molar-refractivity contribution in [1.29, 1.82) is 0 Å². The monoisotopic (exact) mass is 331 g/mol. The molecule has 2 aromatic rings. The molecule has 130 valence electrons. The Bertz CT molecular complexity index is 692. The Labute approximate surface area is 143 Å². The van der Waals surface area contributed by atoms with Crippen molar-refractivity contribution < 1.29 is 4.39 Å². The van der Waals surface area contributed by atoms with Gasteiger partial charge in [-0.05, 0) is 44.9 Å². The normalized spacial score (nSPS) is 13.0. The molecule has 0 spiro atoms. The first kappa shape index (κ1) is 18.0. The molecule has 6 heteroatoms. The summed E-state index contributed by atoms with van der Waals surface area (Å²) in [6, 6.07) is 5.54. The number of halogens is 1. The largest absolute Gasteiger partial charge is 0.357 e. The maximum Gasteiger partial charge on any atom is 0.191 e. The summed E-state index contributed by atoms with van der Waals surface area (Å²) in [6.07, 6.45) is 4.43. The molecular formula is C18H26FN5. The summed E-state index contributed by atoms with van der Waals surface area (Å²) < 4.78 is 16.1. The molecule has 0 aliphatic carbocycles. The molecule has 24 heavy (non-hydrogen) atoms. The van der Waals surface area contributed by atoms with Crippen molar-refractivity contribution in [2.45, 2.75) is 46.7 Å². The van der Waals surface area contributed by atoms with E-state index in [2.05, 4.69) is 34.5 Å². The highest BCUT2D eigenvalue weighted by Gasteiger charge is 2.08. The number of hydrogen-bond donors (Lipinski definition) is 2. The van der Waals surface area contributed by atoms with Gasteiger partial charge in [-0.1, -0.05) is 13.0 Å². The van der Waals surface area contributed by atoms with Crippen LogP contribution in [-0.4, -0.2) is 28.1 Å². The van der Waals surface area contributed by atoms with Crippen LogP contribution in [0.5, 0.6) is 0 Å². The zero-order chi connectivity index (χ0) is 17.5. The number of aliphatic imine (C=N–C) groups is 1. The summed E-state index contributed by atoms with van der Waals surface area (Å²) in [5.74, 6) is 1.23. The van der Waals surface area contributed by atoms with Crippen LogP contribution in [0.2, 0.25) is 0 Å². The number of nitrogens with zero attached hydrogens (tertiary/aromatic N) is 3. The second kappa shape index (κ2) is 8.47. The van der Waals surface area contributed by atoms with Gasteiger partial charge in [-0.3, -0.25) is 0 Å². The number of imidazole rings is 1. The van der Waals surface area contributed by atoms with Crippen molar-refractivity contribution in [1.82, 2.24) is 20.2 Å². The Hall–Kier alpha value is -2.37. The summed E-state index contributed by atoms with van der Waals surface area (Å²) in [4.78, 5) is 8.66. The minimum Gasteiger partial charge on any atom is -0.357 e. The van der Waals surface area contributed by atoms with Gasteiger partial charge in [0.1, 0.15) is 11.6 Å². The fraction of sp³-hybridized carbons (Fsp3) is 0.444. The van der Waals surface area contributed by atoms with E-state index in [4.69, 9.17) is 0 Å². The van der Waals surface area contributed by atoms with Crippen molar-refractivity contribution in [3.8, 4) is 5.69 Å². The predicted octanol–water partition coefficient (Wildman–Crippen LogP) is 3.17. The fourth-order valence-corrected chi connectivity index (χ4v) is 2.30. The van der Waals surface area contributed by atoms with Crippen LogP contribution in [0.3, 0.4) is 0 Å². The van der Waals surface area contributed by atoms with Gasteiger partial charge in [-0.2, -0.15) is 0 Å². The summed E-state index contributed by atoms with van der Waals surface area (Å²) in [6.45, 7) is 9.31. The van der Waals surface area contributed by atoms with Crippen LogP contribution in [0.15, 0.2) is 35.6 Å². The van der Waals surface area contributed by atoms with Crippen molar-refractivity contribution in [2.75, 3.05) is 6.54 Å². The number of guanidine groups is 1. The first-order valence-corrected chi connectivity index (χ1v) is 8.38. The molecule has 0 bridgehead atoms. The molecule has 0 fully saturated rings. The predicted molar refractivity (Wildman–Crippen MR) is 96.0 cm³/mol. The number of benzene rings is 1. The highest BCUT2D eigenvalue weighted by Crippen LogP contribution is 2.17. The third-order valence-electron chi connectivity index (χ3n) is 3.86. The number of hydrogen-bond acceptors (Lipinski definition) is 2. The van der Waals surface area contributed by atoms with E-state index in [0.717, 1.165) is 30.3 Å². The Balaban J connectivity index is 2.13. The molecule has 0 aliphatic rings. The van der Waals surface area contributed by atoms with E-state index in [1.165, 1.54) is 6.07 Å². The molecule has 1 aromatic heterocycles. The maximum absolute atomic E-state index is 14.4. The van der Waals surface area contributed by atoms with E-state index < -0.39 is 0 Å². The first-order chi connectivity index (χ1) is 11.5. The lowest BCUT2D eigenvalue weighted by molar-refractivity contribution is 0.613. The lowest BCUT2D eigenvalue weighted by atomic mass is 10.2. The van der Waals surface area contributed by atoms with Crippen LogP contribution in [0, 0.1) is 12.7 Å². The zero-order valence-electron chi connectivity index (χ0n) is 14.8. The van der Waals surface area contributed by atoms with E-state index in [0.29, 0.717) is 18.3 Å². The van der Waals surface area contributed by atoms with Crippen molar-refractivity contribution >= 4 is 5.96 Å². The number of nitrogens with one attached hydrogen (secondary N) is 2. The van der Waals surface area contributed by atoms with Gasteiger partial charge in [-0.15, -0.1) is 0 Å². The Morgan fingerprint density at radius 3 is 2.75 bits per heavy atom. The SMILES string of the molecule is CCNC(=NCc1ccc(-n2ccnc2C)c(F)c1)NC(C)CC. The van der Waals surface area contributed by atoms with E-state index in [1.807, 2.05) is 19.9 Å². The number of aryl methyl sites for hydroxylation is 1. The molecule has 1 atom stereocenters. The van der Waals surface area contributed by atoms with E-state index in [9.17, 15) is 4.39 Å². The molecule has 0 aliphatic heterocycles. The average Bonchev–Trinajstić information content (AvgIpc) is 2.98. The number of aromatic nitrogens is 2. The number of rotatable bonds is 6. The molecule has 0 radical (unpaired) electrons. The van der Waals surface area contributed by atoms with Crippen molar-refractivity contribution in [2.24, 2.45) is 4.99 Å². The topological polar surface area (TPSA) is 54.2 Å². The van der Waals surface area contributed by atoms with Crippen LogP contribution in [-0.2, 0) is 6.54 Å². The second-order valence-electron chi connectivity index (χ2n) is 5.78. The molecule has 0 saturated carbocycles. The quantitative estimate of drug-likeness (QED) is 0.631. The van der Waals surface area contributed by atoms with Crippen LogP contribution < -0.4 is 10.6 Å². The molecule has 0 saturated heterocycles. The molecule has 1 aromatic carbocycles. The molecule has 5 nitrogen and oxygen atoms in total. The van der Waals surface area contributed by atoms with Crippen molar-refractivity contribution in [3.63, 3.8) is 0 Å². The van der Waals surface area contributed by atoms with E-state index in [1.54, 1.807) is 23.0 Å². The minimum absolute atomic E-state index is 0.274. The van der Waals surface area contributed by atoms with Crippen LogP contribution in [0.4, 0.5) is 4.39 Å². The highest BCUT2D eigenvalue weighted by molar-refractivity contribution is 5.80. The summed E-state index contributed by atoms with van der Waals surface area (Å²) in [5.41, 5.74) is 1.33. The van der Waals surface area contributed by atoms with Gasteiger partial charge in [0, 0.05) is 25.0 Å². The third-order valence-corrected chi connectivity index (χ3v) is 3.86. The smallest absolute Gasteiger partial charge is 0.191 e. The molecule has 1 unspecified atom stereocenters. The van der Waals surface area contributed by atoms with Gasteiger partial charge in [0.2, 0.25) is 0 Å².